The van der Waals surface area contributed by atoms with E-state index in [0.717, 1.165) is 41.0 Å². The fraction of sp³-hybridized carbons (Fsp3) is 0.381. The van der Waals surface area contributed by atoms with Crippen molar-refractivity contribution in [3.05, 3.63) is 50.6 Å². The van der Waals surface area contributed by atoms with Crippen molar-refractivity contribution in [3.63, 3.8) is 0 Å². The van der Waals surface area contributed by atoms with E-state index in [4.69, 9.17) is 11.6 Å². The molecule has 2 aliphatic heterocycles. The summed E-state index contributed by atoms with van der Waals surface area (Å²) in [6, 6.07) is 6.80. The van der Waals surface area contributed by atoms with Gasteiger partial charge in [-0.15, -0.1) is 11.3 Å². The summed E-state index contributed by atoms with van der Waals surface area (Å²) >= 11 is 7.49. The molecule has 4 N–H and O–H groups in total. The average Bonchev–Trinajstić information content (AvgIpc) is 3.45. The second-order valence-electron chi connectivity index (χ2n) is 8.11. The standard InChI is InChI=1S/C21H23ClN6O2S/c1-28-5-4-14-18(10-28)31-21(27-14)20(30)26-17-9-23-8-16(17)25-19(29)15-7-11-6-12(22)2-3-13(11)24-15/h2-3,6-7,16-17,23-24H,4-5,8-10H2,1H3,(H,25,29)(H,26,30)/t16-,17-/m1/s1. The molecule has 10 heteroatoms. The number of aromatic nitrogens is 2. The van der Waals surface area contributed by atoms with Gasteiger partial charge in [-0.2, -0.15) is 0 Å². The van der Waals surface area contributed by atoms with Gasteiger partial charge in [0.05, 0.1) is 17.8 Å². The molecule has 0 unspecified atom stereocenters. The number of amides is 2. The fourth-order valence-electron chi connectivity index (χ4n) is 4.10. The lowest BCUT2D eigenvalue weighted by atomic mass is 10.1. The minimum Gasteiger partial charge on any atom is -0.351 e. The van der Waals surface area contributed by atoms with E-state index in [9.17, 15) is 9.59 Å². The lowest BCUT2D eigenvalue weighted by Crippen LogP contribution is -2.51. The largest absolute Gasteiger partial charge is 0.351 e. The molecule has 0 aliphatic carbocycles. The number of likely N-dealkylation sites (N-methyl/N-ethyl adjacent to an activating group) is 1. The molecule has 2 atom stereocenters. The third-order valence-electron chi connectivity index (χ3n) is 5.79. The van der Waals surface area contributed by atoms with Crippen LogP contribution in [0.1, 0.15) is 30.9 Å². The second-order valence-corrected chi connectivity index (χ2v) is 9.63. The van der Waals surface area contributed by atoms with Crippen LogP contribution in [-0.2, 0) is 13.0 Å². The van der Waals surface area contributed by atoms with Crippen molar-refractivity contribution in [2.24, 2.45) is 0 Å². The molecule has 5 rings (SSSR count). The van der Waals surface area contributed by atoms with E-state index in [-0.39, 0.29) is 23.9 Å². The number of rotatable bonds is 4. The van der Waals surface area contributed by atoms with Crippen LogP contribution in [0.3, 0.4) is 0 Å². The molecule has 3 aromatic rings. The molecule has 1 saturated heterocycles. The SMILES string of the molecule is CN1CCc2nc(C(=O)N[C@@H]3CNC[C@H]3NC(=O)c3cc4cc(Cl)ccc4[nH]3)sc2C1. The summed E-state index contributed by atoms with van der Waals surface area (Å²) in [4.78, 5) is 36.7. The predicted molar refractivity (Wildman–Crippen MR) is 121 cm³/mol. The Morgan fingerprint density at radius 3 is 2.77 bits per heavy atom. The van der Waals surface area contributed by atoms with Gasteiger partial charge in [-0.1, -0.05) is 11.6 Å². The molecular weight excluding hydrogens is 436 g/mol. The first-order chi connectivity index (χ1) is 15.0. The molecule has 0 spiro atoms. The molecular formula is C21H23ClN6O2S. The van der Waals surface area contributed by atoms with Crippen LogP contribution in [0, 0.1) is 0 Å². The molecule has 4 heterocycles. The molecule has 31 heavy (non-hydrogen) atoms. The number of thiazole rings is 1. The van der Waals surface area contributed by atoms with Gasteiger partial charge >= 0.3 is 0 Å². The van der Waals surface area contributed by atoms with Crippen molar-refractivity contribution in [1.82, 2.24) is 30.8 Å². The third-order valence-corrected chi connectivity index (χ3v) is 7.11. The Morgan fingerprint density at radius 2 is 1.97 bits per heavy atom. The van der Waals surface area contributed by atoms with Gasteiger partial charge in [0.25, 0.3) is 11.8 Å². The molecule has 1 aromatic carbocycles. The first-order valence-electron chi connectivity index (χ1n) is 10.2. The number of H-pyrrole nitrogens is 1. The van der Waals surface area contributed by atoms with Crippen LogP contribution < -0.4 is 16.0 Å². The van der Waals surface area contributed by atoms with Gasteiger partial charge in [0.2, 0.25) is 0 Å². The number of hydrogen-bond acceptors (Lipinski definition) is 6. The van der Waals surface area contributed by atoms with E-state index in [2.05, 4.69) is 37.9 Å². The Morgan fingerprint density at radius 1 is 1.19 bits per heavy atom. The van der Waals surface area contributed by atoms with Crippen LogP contribution in [0.25, 0.3) is 10.9 Å². The summed E-state index contributed by atoms with van der Waals surface area (Å²) in [5.74, 6) is -0.400. The molecule has 0 bridgehead atoms. The van der Waals surface area contributed by atoms with E-state index in [0.29, 0.717) is 28.8 Å². The first-order valence-corrected chi connectivity index (χ1v) is 11.4. The monoisotopic (exact) mass is 458 g/mol. The zero-order chi connectivity index (χ0) is 21.5. The lowest BCUT2D eigenvalue weighted by Gasteiger charge is -2.20. The highest BCUT2D eigenvalue weighted by molar-refractivity contribution is 7.13. The molecule has 8 nitrogen and oxygen atoms in total. The van der Waals surface area contributed by atoms with Crippen LogP contribution in [0.5, 0.6) is 0 Å². The second kappa shape index (κ2) is 8.23. The van der Waals surface area contributed by atoms with E-state index in [1.54, 1.807) is 12.1 Å². The maximum atomic E-state index is 12.8. The number of aromatic amines is 1. The van der Waals surface area contributed by atoms with Crippen LogP contribution in [0.15, 0.2) is 24.3 Å². The van der Waals surface area contributed by atoms with Gasteiger partial charge in [-0.05, 0) is 31.3 Å². The van der Waals surface area contributed by atoms with Crippen LogP contribution >= 0.6 is 22.9 Å². The highest BCUT2D eigenvalue weighted by Gasteiger charge is 2.31. The highest BCUT2D eigenvalue weighted by Crippen LogP contribution is 2.25. The third kappa shape index (κ3) is 4.18. The van der Waals surface area contributed by atoms with Gasteiger partial charge in [0, 0.05) is 53.4 Å². The number of nitrogens with zero attached hydrogens (tertiary/aromatic N) is 2. The molecule has 1 fully saturated rings. The van der Waals surface area contributed by atoms with E-state index < -0.39 is 0 Å². The summed E-state index contributed by atoms with van der Waals surface area (Å²) in [6.45, 7) is 2.97. The van der Waals surface area contributed by atoms with Crippen molar-refractivity contribution < 1.29 is 9.59 Å². The number of carbonyl (C=O) groups excluding carboxylic acids is 2. The molecule has 2 aliphatic rings. The fourth-order valence-corrected chi connectivity index (χ4v) is 5.38. The summed E-state index contributed by atoms with van der Waals surface area (Å²) in [5.41, 5.74) is 2.34. The highest BCUT2D eigenvalue weighted by atomic mass is 35.5. The smallest absolute Gasteiger partial charge is 0.280 e. The summed E-state index contributed by atoms with van der Waals surface area (Å²) in [7, 11) is 2.07. The molecule has 0 saturated carbocycles. The van der Waals surface area contributed by atoms with Crippen molar-refractivity contribution in [3.8, 4) is 0 Å². The maximum Gasteiger partial charge on any atom is 0.280 e. The Hall–Kier alpha value is -2.46. The van der Waals surface area contributed by atoms with Gasteiger partial charge in [-0.25, -0.2) is 4.98 Å². The van der Waals surface area contributed by atoms with Crippen LogP contribution in [-0.4, -0.2) is 65.4 Å². The molecule has 2 aromatic heterocycles. The van der Waals surface area contributed by atoms with Gasteiger partial charge in [0.1, 0.15) is 5.69 Å². The van der Waals surface area contributed by atoms with Gasteiger partial charge < -0.3 is 25.8 Å². The predicted octanol–water partition coefficient (Wildman–Crippen LogP) is 1.77. The zero-order valence-corrected chi connectivity index (χ0v) is 18.6. The number of benzene rings is 1. The van der Waals surface area contributed by atoms with E-state index >= 15 is 0 Å². The zero-order valence-electron chi connectivity index (χ0n) is 17.0. The Kier molecular flexibility index (Phi) is 5.43. The summed E-state index contributed by atoms with van der Waals surface area (Å²) in [5, 5.41) is 11.3. The Labute approximate surface area is 188 Å². The average molecular weight is 459 g/mol. The van der Waals surface area contributed by atoms with E-state index in [1.165, 1.54) is 11.3 Å². The van der Waals surface area contributed by atoms with Crippen molar-refractivity contribution >= 4 is 45.7 Å². The van der Waals surface area contributed by atoms with Crippen molar-refractivity contribution in [1.29, 1.82) is 0 Å². The number of hydrogen-bond donors (Lipinski definition) is 4. The molecule has 0 radical (unpaired) electrons. The first kappa shape index (κ1) is 20.4. The Bertz CT molecular complexity index is 1160. The normalized spacial score (nSPS) is 21.2. The molecule has 162 valence electrons. The minimum absolute atomic E-state index is 0.185. The quantitative estimate of drug-likeness (QED) is 0.477. The van der Waals surface area contributed by atoms with Crippen molar-refractivity contribution in [2.75, 3.05) is 26.7 Å². The maximum absolute atomic E-state index is 12.8. The number of nitrogens with one attached hydrogen (secondary N) is 4. The number of carbonyl (C=O) groups is 2. The topological polar surface area (TPSA) is 102 Å². The van der Waals surface area contributed by atoms with Gasteiger partial charge in [0.15, 0.2) is 5.01 Å². The van der Waals surface area contributed by atoms with Crippen LogP contribution in [0.4, 0.5) is 0 Å². The van der Waals surface area contributed by atoms with Crippen molar-refractivity contribution in [2.45, 2.75) is 25.0 Å². The lowest BCUT2D eigenvalue weighted by molar-refractivity contribution is 0.0894. The van der Waals surface area contributed by atoms with Crippen LogP contribution in [0.2, 0.25) is 5.02 Å². The van der Waals surface area contributed by atoms with E-state index in [1.807, 2.05) is 12.1 Å². The summed E-state index contributed by atoms with van der Waals surface area (Å²) < 4.78 is 0. The minimum atomic E-state index is -0.216. The summed E-state index contributed by atoms with van der Waals surface area (Å²) in [6.07, 6.45) is 0.870. The van der Waals surface area contributed by atoms with Gasteiger partial charge in [-0.3, -0.25) is 9.59 Å². The number of fused-ring (bicyclic) bond motifs is 2. The number of halogens is 1. The molecule has 2 amide bonds. The Balaban J connectivity index is 1.25.